The maximum absolute atomic E-state index is 10.7. The van der Waals surface area contributed by atoms with Crippen LogP contribution in [0, 0.1) is 0 Å². The van der Waals surface area contributed by atoms with Gasteiger partial charge in [0.05, 0.1) is 6.61 Å². The minimum Gasteiger partial charge on any atom is -0.350 e. The van der Waals surface area contributed by atoms with Gasteiger partial charge in [-0.05, 0) is 12.8 Å². The van der Waals surface area contributed by atoms with Gasteiger partial charge >= 0.3 is 0 Å². The second kappa shape index (κ2) is 8.89. The largest absolute Gasteiger partial charge is 0.350 e. The molecule has 0 radical (unpaired) electrons. The molecule has 0 aliphatic carbocycles. The SMILES string of the molecule is CCCCCCCCCC1OCC(CS(=O)(=O)O)O1. The topological polar surface area (TPSA) is 72.8 Å². The van der Waals surface area contributed by atoms with E-state index < -0.39 is 16.2 Å². The molecule has 1 aliphatic heterocycles. The molecular weight excluding hydrogens is 268 g/mol. The molecule has 1 rings (SSSR count). The molecule has 19 heavy (non-hydrogen) atoms. The van der Waals surface area contributed by atoms with Gasteiger partial charge in [-0.25, -0.2) is 0 Å². The Balaban J connectivity index is 2.00. The number of hydrogen-bond donors (Lipinski definition) is 1. The van der Waals surface area contributed by atoms with Gasteiger partial charge in [-0.15, -0.1) is 0 Å². The normalized spacial score (nSPS) is 23.9. The Hall–Kier alpha value is -0.170. The summed E-state index contributed by atoms with van der Waals surface area (Å²) in [6.07, 6.45) is 8.58. The number of hydrogen-bond acceptors (Lipinski definition) is 4. The third-order valence-electron chi connectivity index (χ3n) is 3.25. The first-order chi connectivity index (χ1) is 9.01. The van der Waals surface area contributed by atoms with E-state index in [1.54, 1.807) is 0 Å². The highest BCUT2D eigenvalue weighted by molar-refractivity contribution is 7.85. The Morgan fingerprint density at radius 2 is 1.74 bits per heavy atom. The molecule has 114 valence electrons. The monoisotopic (exact) mass is 294 g/mol. The third-order valence-corrected chi connectivity index (χ3v) is 4.05. The standard InChI is InChI=1S/C13H26O5S/c1-2-3-4-5-6-7-8-9-13-17-10-12(18-13)11-19(14,15)16/h12-13H,2-11H2,1H3,(H,14,15,16). The molecule has 0 spiro atoms. The summed E-state index contributed by atoms with van der Waals surface area (Å²) in [6, 6.07) is 0. The predicted molar refractivity (Wildman–Crippen MR) is 73.6 cm³/mol. The highest BCUT2D eigenvalue weighted by atomic mass is 32.2. The highest BCUT2D eigenvalue weighted by Gasteiger charge is 2.28. The Morgan fingerprint density at radius 3 is 2.37 bits per heavy atom. The molecule has 1 saturated heterocycles. The lowest BCUT2D eigenvalue weighted by molar-refractivity contribution is -0.0600. The molecule has 0 bridgehead atoms. The molecule has 1 aliphatic rings. The summed E-state index contributed by atoms with van der Waals surface area (Å²) < 4.78 is 40.9. The van der Waals surface area contributed by atoms with Crippen molar-refractivity contribution >= 4 is 10.1 Å². The van der Waals surface area contributed by atoms with Crippen molar-refractivity contribution in [1.82, 2.24) is 0 Å². The predicted octanol–water partition coefficient (Wildman–Crippen LogP) is 2.76. The van der Waals surface area contributed by atoms with E-state index in [9.17, 15) is 8.42 Å². The van der Waals surface area contributed by atoms with Crippen molar-refractivity contribution in [2.75, 3.05) is 12.4 Å². The first kappa shape index (κ1) is 16.9. The van der Waals surface area contributed by atoms with Crippen LogP contribution in [0.25, 0.3) is 0 Å². The van der Waals surface area contributed by atoms with Crippen LogP contribution in [0.4, 0.5) is 0 Å². The van der Waals surface area contributed by atoms with Gasteiger partial charge in [0.15, 0.2) is 6.29 Å². The van der Waals surface area contributed by atoms with Crippen LogP contribution in [0.5, 0.6) is 0 Å². The molecule has 6 heteroatoms. The summed E-state index contributed by atoms with van der Waals surface area (Å²) in [6.45, 7) is 2.46. The van der Waals surface area contributed by atoms with Gasteiger partial charge in [0.2, 0.25) is 0 Å². The first-order valence-electron chi connectivity index (χ1n) is 7.23. The van der Waals surface area contributed by atoms with Crippen molar-refractivity contribution in [3.63, 3.8) is 0 Å². The van der Waals surface area contributed by atoms with Crippen LogP contribution in [-0.2, 0) is 19.6 Å². The van der Waals surface area contributed by atoms with E-state index in [2.05, 4.69) is 6.92 Å². The number of unbranched alkanes of at least 4 members (excludes halogenated alkanes) is 6. The van der Waals surface area contributed by atoms with Crippen molar-refractivity contribution in [1.29, 1.82) is 0 Å². The minimum absolute atomic E-state index is 0.251. The number of ether oxygens (including phenoxy) is 2. The molecule has 2 unspecified atom stereocenters. The fraction of sp³-hybridized carbons (Fsp3) is 1.00. The lowest BCUT2D eigenvalue weighted by Crippen LogP contribution is -2.23. The molecule has 5 nitrogen and oxygen atoms in total. The minimum atomic E-state index is -3.97. The maximum Gasteiger partial charge on any atom is 0.267 e. The van der Waals surface area contributed by atoms with E-state index in [0.29, 0.717) is 0 Å². The third kappa shape index (κ3) is 8.57. The van der Waals surface area contributed by atoms with Gasteiger partial charge in [-0.1, -0.05) is 45.4 Å². The van der Waals surface area contributed by atoms with Gasteiger partial charge < -0.3 is 9.47 Å². The summed E-state index contributed by atoms with van der Waals surface area (Å²) >= 11 is 0. The average molecular weight is 294 g/mol. The Morgan fingerprint density at radius 1 is 1.11 bits per heavy atom. The molecule has 0 aromatic carbocycles. The summed E-state index contributed by atoms with van der Waals surface area (Å²) in [4.78, 5) is 0. The highest BCUT2D eigenvalue weighted by Crippen LogP contribution is 2.19. The molecule has 0 aromatic rings. The van der Waals surface area contributed by atoms with Crippen LogP contribution in [-0.4, -0.2) is 37.7 Å². The van der Waals surface area contributed by atoms with Gasteiger partial charge in [-0.2, -0.15) is 8.42 Å². The van der Waals surface area contributed by atoms with E-state index in [1.807, 2.05) is 0 Å². The fourth-order valence-corrected chi connectivity index (χ4v) is 2.89. The molecule has 0 saturated carbocycles. The molecule has 0 aromatic heterocycles. The lowest BCUT2D eigenvalue weighted by Gasteiger charge is -2.10. The van der Waals surface area contributed by atoms with Gasteiger partial charge in [0.25, 0.3) is 10.1 Å². The molecule has 0 amide bonds. The summed E-state index contributed by atoms with van der Waals surface area (Å²) in [5.41, 5.74) is 0. The van der Waals surface area contributed by atoms with E-state index >= 15 is 0 Å². The quantitative estimate of drug-likeness (QED) is 0.495. The van der Waals surface area contributed by atoms with Gasteiger partial charge in [-0.3, -0.25) is 4.55 Å². The summed E-state index contributed by atoms with van der Waals surface area (Å²) in [7, 11) is -3.97. The van der Waals surface area contributed by atoms with Gasteiger partial charge in [0, 0.05) is 0 Å². The lowest BCUT2D eigenvalue weighted by atomic mass is 10.1. The molecule has 1 fully saturated rings. The Bertz CT molecular complexity index is 328. The van der Waals surface area contributed by atoms with Crippen molar-refractivity contribution < 1.29 is 22.4 Å². The van der Waals surface area contributed by atoms with E-state index in [-0.39, 0.29) is 18.6 Å². The van der Waals surface area contributed by atoms with Crippen molar-refractivity contribution in [2.45, 2.75) is 70.7 Å². The maximum atomic E-state index is 10.7. The first-order valence-corrected chi connectivity index (χ1v) is 8.84. The van der Waals surface area contributed by atoms with Crippen LogP contribution in [0.1, 0.15) is 58.3 Å². The van der Waals surface area contributed by atoms with Gasteiger partial charge in [0.1, 0.15) is 11.9 Å². The van der Waals surface area contributed by atoms with Crippen LogP contribution >= 0.6 is 0 Å². The van der Waals surface area contributed by atoms with Crippen LogP contribution in [0.3, 0.4) is 0 Å². The molecular formula is C13H26O5S. The smallest absolute Gasteiger partial charge is 0.267 e. The van der Waals surface area contributed by atoms with Crippen LogP contribution < -0.4 is 0 Å². The summed E-state index contributed by atoms with van der Waals surface area (Å²) in [5, 5.41) is 0. The Labute approximate surface area is 116 Å². The van der Waals surface area contributed by atoms with E-state index in [0.717, 1.165) is 19.3 Å². The summed E-state index contributed by atoms with van der Waals surface area (Å²) in [5.74, 6) is -0.374. The zero-order chi connectivity index (χ0) is 14.1. The van der Waals surface area contributed by atoms with Crippen molar-refractivity contribution in [3.8, 4) is 0 Å². The van der Waals surface area contributed by atoms with Crippen LogP contribution in [0.2, 0.25) is 0 Å². The van der Waals surface area contributed by atoms with Crippen molar-refractivity contribution in [3.05, 3.63) is 0 Å². The average Bonchev–Trinajstić information content (AvgIpc) is 2.73. The zero-order valence-electron chi connectivity index (χ0n) is 11.7. The Kier molecular flexibility index (Phi) is 7.90. The second-order valence-corrected chi connectivity index (χ2v) is 6.68. The van der Waals surface area contributed by atoms with Crippen molar-refractivity contribution in [2.24, 2.45) is 0 Å². The fourth-order valence-electron chi connectivity index (χ4n) is 2.25. The molecule has 1 heterocycles. The second-order valence-electron chi connectivity index (χ2n) is 5.18. The molecule has 1 N–H and O–H groups in total. The zero-order valence-corrected chi connectivity index (χ0v) is 12.5. The van der Waals surface area contributed by atoms with Crippen LogP contribution in [0.15, 0.2) is 0 Å². The van der Waals surface area contributed by atoms with E-state index in [4.69, 9.17) is 14.0 Å². The molecule has 2 atom stereocenters. The van der Waals surface area contributed by atoms with E-state index in [1.165, 1.54) is 32.1 Å². The number of rotatable bonds is 10.